The second kappa shape index (κ2) is 10.0. The molecule has 25 heavy (non-hydrogen) atoms. The van der Waals surface area contributed by atoms with Crippen LogP contribution < -0.4 is 16.0 Å². The Balaban J connectivity index is 2.64. The molecule has 1 aromatic rings. The summed E-state index contributed by atoms with van der Waals surface area (Å²) < 4.78 is 0.904. The number of amides is 4. The van der Waals surface area contributed by atoms with Crippen LogP contribution in [0.4, 0.5) is 10.5 Å². The summed E-state index contributed by atoms with van der Waals surface area (Å²) in [6.45, 7) is 3.82. The first-order valence-electron chi connectivity index (χ1n) is 8.00. The average Bonchev–Trinajstić information content (AvgIpc) is 2.53. The second-order valence-electron chi connectivity index (χ2n) is 6.29. The molecule has 0 heterocycles. The summed E-state index contributed by atoms with van der Waals surface area (Å²) in [4.78, 5) is 37.4. The van der Waals surface area contributed by atoms with E-state index in [1.807, 2.05) is 13.8 Å². The van der Waals surface area contributed by atoms with Gasteiger partial charge in [0.25, 0.3) is 0 Å². The first kappa shape index (κ1) is 21.0. The zero-order valence-electron chi connectivity index (χ0n) is 14.9. The Morgan fingerprint density at radius 1 is 1.12 bits per heavy atom. The molecule has 0 aliphatic carbocycles. The van der Waals surface area contributed by atoms with Crippen LogP contribution in [0.1, 0.15) is 20.3 Å². The lowest BCUT2D eigenvalue weighted by Gasteiger charge is -2.21. The summed E-state index contributed by atoms with van der Waals surface area (Å²) in [5.74, 6) is -0.390. The van der Waals surface area contributed by atoms with Gasteiger partial charge in [0.2, 0.25) is 11.8 Å². The molecule has 0 aliphatic heterocycles. The Kier molecular flexibility index (Phi) is 8.40. The molecule has 0 saturated carbocycles. The van der Waals surface area contributed by atoms with E-state index in [0.717, 1.165) is 4.47 Å². The smallest absolute Gasteiger partial charge is 0.319 e. The van der Waals surface area contributed by atoms with Crippen LogP contribution >= 0.6 is 15.9 Å². The largest absolute Gasteiger partial charge is 0.347 e. The van der Waals surface area contributed by atoms with Gasteiger partial charge in [-0.05, 0) is 36.6 Å². The number of benzene rings is 1. The Morgan fingerprint density at radius 2 is 1.72 bits per heavy atom. The maximum Gasteiger partial charge on any atom is 0.319 e. The summed E-state index contributed by atoms with van der Waals surface area (Å²) in [6.07, 6.45) is 0.468. The van der Waals surface area contributed by atoms with Crippen molar-refractivity contribution in [2.75, 3.05) is 26.0 Å². The predicted molar refractivity (Wildman–Crippen MR) is 101 cm³/mol. The van der Waals surface area contributed by atoms with Gasteiger partial charge in [0.15, 0.2) is 0 Å². The predicted octanol–water partition coefficient (Wildman–Crippen LogP) is 2.19. The molecule has 0 aliphatic rings. The zero-order valence-corrected chi connectivity index (χ0v) is 16.5. The number of hydrogen-bond donors (Lipinski definition) is 3. The van der Waals surface area contributed by atoms with Gasteiger partial charge in [0.1, 0.15) is 6.04 Å². The monoisotopic (exact) mass is 412 g/mol. The summed E-state index contributed by atoms with van der Waals surface area (Å²) in [7, 11) is 3.23. The molecule has 1 unspecified atom stereocenters. The maximum atomic E-state index is 12.3. The van der Waals surface area contributed by atoms with Gasteiger partial charge >= 0.3 is 6.03 Å². The number of likely N-dealkylation sites (N-methyl/N-ethyl adjacent to an activating group) is 1. The third-order valence-electron chi connectivity index (χ3n) is 3.34. The van der Waals surface area contributed by atoms with Crippen molar-refractivity contribution in [1.82, 2.24) is 15.5 Å². The van der Waals surface area contributed by atoms with E-state index < -0.39 is 12.1 Å². The van der Waals surface area contributed by atoms with E-state index in [1.54, 1.807) is 38.4 Å². The van der Waals surface area contributed by atoms with Gasteiger partial charge in [0.05, 0.1) is 6.54 Å². The zero-order chi connectivity index (χ0) is 19.0. The van der Waals surface area contributed by atoms with Crippen molar-refractivity contribution in [3.05, 3.63) is 28.7 Å². The van der Waals surface area contributed by atoms with Crippen LogP contribution in [-0.4, -0.2) is 49.4 Å². The fraction of sp³-hybridized carbons (Fsp3) is 0.471. The number of carbonyl (C=O) groups is 3. The highest BCUT2D eigenvalue weighted by Crippen LogP contribution is 2.14. The lowest BCUT2D eigenvalue weighted by molar-refractivity contribution is -0.131. The average molecular weight is 413 g/mol. The highest BCUT2D eigenvalue weighted by molar-refractivity contribution is 9.10. The molecule has 7 nitrogen and oxygen atoms in total. The van der Waals surface area contributed by atoms with Crippen molar-refractivity contribution in [3.8, 4) is 0 Å². The molecule has 0 spiro atoms. The number of urea groups is 1. The topological polar surface area (TPSA) is 90.5 Å². The molecule has 138 valence electrons. The van der Waals surface area contributed by atoms with Crippen molar-refractivity contribution in [1.29, 1.82) is 0 Å². The van der Waals surface area contributed by atoms with Crippen molar-refractivity contribution in [2.45, 2.75) is 26.3 Å². The van der Waals surface area contributed by atoms with Gasteiger partial charge in [-0.15, -0.1) is 0 Å². The summed E-state index contributed by atoms with van der Waals surface area (Å²) in [5, 5.41) is 7.92. The molecule has 1 aromatic carbocycles. The van der Waals surface area contributed by atoms with E-state index in [1.165, 1.54) is 4.90 Å². The molecule has 0 fully saturated rings. The van der Waals surface area contributed by atoms with Crippen LogP contribution in [0.15, 0.2) is 28.7 Å². The summed E-state index contributed by atoms with van der Waals surface area (Å²) in [5.41, 5.74) is 0.618. The minimum Gasteiger partial charge on any atom is -0.347 e. The van der Waals surface area contributed by atoms with E-state index in [0.29, 0.717) is 12.1 Å². The van der Waals surface area contributed by atoms with Crippen LogP contribution in [0.2, 0.25) is 0 Å². The van der Waals surface area contributed by atoms with Crippen LogP contribution in [0, 0.1) is 5.92 Å². The molecule has 0 aromatic heterocycles. The normalized spacial score (nSPS) is 11.6. The number of nitrogens with one attached hydrogen (secondary N) is 3. The van der Waals surface area contributed by atoms with Gasteiger partial charge < -0.3 is 20.9 Å². The number of halogens is 1. The number of hydrogen-bond acceptors (Lipinski definition) is 3. The van der Waals surface area contributed by atoms with Crippen LogP contribution in [0.5, 0.6) is 0 Å². The van der Waals surface area contributed by atoms with Gasteiger partial charge in [-0.25, -0.2) is 4.79 Å². The minimum atomic E-state index is -0.717. The Bertz CT molecular complexity index is 602. The standard InChI is InChI=1S/C17H25BrN4O3/c1-11(2)9-14(16(24)19-10-15(23)22(3)4)21-17(25)20-13-7-5-12(18)6-8-13/h5-8,11,14H,9-10H2,1-4H3,(H,19,24)(H2,20,21,25). The van der Waals surface area contributed by atoms with Crippen molar-refractivity contribution in [2.24, 2.45) is 5.92 Å². The van der Waals surface area contributed by atoms with Crippen LogP contribution in [-0.2, 0) is 9.59 Å². The molecule has 0 radical (unpaired) electrons. The third-order valence-corrected chi connectivity index (χ3v) is 3.87. The Hall–Kier alpha value is -2.09. The second-order valence-corrected chi connectivity index (χ2v) is 7.21. The van der Waals surface area contributed by atoms with Gasteiger partial charge in [-0.3, -0.25) is 9.59 Å². The van der Waals surface area contributed by atoms with Crippen LogP contribution in [0.3, 0.4) is 0 Å². The molecule has 1 atom stereocenters. The highest BCUT2D eigenvalue weighted by atomic mass is 79.9. The number of rotatable bonds is 7. The lowest BCUT2D eigenvalue weighted by Crippen LogP contribution is -2.50. The lowest BCUT2D eigenvalue weighted by atomic mass is 10.0. The fourth-order valence-corrected chi connectivity index (χ4v) is 2.27. The number of carbonyl (C=O) groups excluding carboxylic acids is 3. The summed E-state index contributed by atoms with van der Waals surface area (Å²) in [6, 6.07) is 5.92. The van der Waals surface area contributed by atoms with Gasteiger partial charge in [0, 0.05) is 24.3 Å². The van der Waals surface area contributed by atoms with E-state index in [2.05, 4.69) is 31.9 Å². The quantitative estimate of drug-likeness (QED) is 0.640. The highest BCUT2D eigenvalue weighted by Gasteiger charge is 2.22. The van der Waals surface area contributed by atoms with Gasteiger partial charge in [-0.2, -0.15) is 0 Å². The SMILES string of the molecule is CC(C)CC(NC(=O)Nc1ccc(Br)cc1)C(=O)NCC(=O)N(C)C. The van der Waals surface area contributed by atoms with Crippen LogP contribution in [0.25, 0.3) is 0 Å². The Morgan fingerprint density at radius 3 is 2.24 bits per heavy atom. The van der Waals surface area contributed by atoms with Crippen molar-refractivity contribution in [3.63, 3.8) is 0 Å². The maximum absolute atomic E-state index is 12.3. The van der Waals surface area contributed by atoms with E-state index >= 15 is 0 Å². The molecule has 4 amide bonds. The third kappa shape index (κ3) is 8.02. The first-order chi connectivity index (χ1) is 11.7. The van der Waals surface area contributed by atoms with E-state index in [-0.39, 0.29) is 24.3 Å². The molecular formula is C17H25BrN4O3. The molecule has 0 saturated heterocycles. The molecule has 0 bridgehead atoms. The fourth-order valence-electron chi connectivity index (χ4n) is 2.01. The Labute approximate surface area is 156 Å². The van der Waals surface area contributed by atoms with E-state index in [9.17, 15) is 14.4 Å². The molecule has 8 heteroatoms. The van der Waals surface area contributed by atoms with E-state index in [4.69, 9.17) is 0 Å². The molecule has 1 rings (SSSR count). The summed E-state index contributed by atoms with van der Waals surface area (Å²) >= 11 is 3.32. The van der Waals surface area contributed by atoms with Crippen molar-refractivity contribution >= 4 is 39.5 Å². The minimum absolute atomic E-state index is 0.101. The first-order valence-corrected chi connectivity index (χ1v) is 8.79. The number of anilines is 1. The van der Waals surface area contributed by atoms with Crippen molar-refractivity contribution < 1.29 is 14.4 Å². The molecule has 3 N–H and O–H groups in total. The molecular weight excluding hydrogens is 388 g/mol. The number of nitrogens with zero attached hydrogens (tertiary/aromatic N) is 1. The van der Waals surface area contributed by atoms with Gasteiger partial charge in [-0.1, -0.05) is 29.8 Å².